The number of H-pyrrole nitrogens is 1. The third kappa shape index (κ3) is 3.84. The van der Waals surface area contributed by atoms with Crippen LogP contribution in [-0.4, -0.2) is 20.9 Å². The van der Waals surface area contributed by atoms with Gasteiger partial charge in [0.1, 0.15) is 10.6 Å². The Kier molecular flexibility index (Phi) is 5.15. The number of ether oxygens (including phenoxy) is 1. The number of nitrogens with zero attached hydrogens (tertiary/aromatic N) is 2. The summed E-state index contributed by atoms with van der Waals surface area (Å²) in [6.07, 6.45) is -0.805. The molecule has 0 radical (unpaired) electrons. The third-order valence-electron chi connectivity index (χ3n) is 4.90. The summed E-state index contributed by atoms with van der Waals surface area (Å²) in [5, 5.41) is 11.3. The van der Waals surface area contributed by atoms with E-state index in [1.165, 1.54) is 41.7 Å². The molecule has 0 saturated heterocycles. The van der Waals surface area contributed by atoms with Gasteiger partial charge in [-0.1, -0.05) is 0 Å². The van der Waals surface area contributed by atoms with Crippen molar-refractivity contribution in [1.82, 2.24) is 9.97 Å². The molecule has 9 nitrogen and oxygen atoms in total. The first-order chi connectivity index (χ1) is 14.7. The lowest BCUT2D eigenvalue weighted by Crippen LogP contribution is -2.17. The van der Waals surface area contributed by atoms with Crippen molar-refractivity contribution >= 4 is 33.2 Å². The molecule has 1 atom stereocenters. The average molecular weight is 439 g/mol. The van der Waals surface area contributed by atoms with Crippen LogP contribution in [0.25, 0.3) is 21.5 Å². The number of fused-ring (bicyclic) bond motifs is 1. The fraction of sp³-hybridized carbons (Fsp3) is 0.190. The maximum Gasteiger partial charge on any atom is 0.374 e. The van der Waals surface area contributed by atoms with Crippen molar-refractivity contribution in [1.29, 1.82) is 0 Å². The molecule has 0 spiro atoms. The van der Waals surface area contributed by atoms with Gasteiger partial charge in [-0.2, -0.15) is 0 Å². The molecule has 0 aliphatic carbocycles. The normalized spacial score (nSPS) is 12.1. The molecule has 158 valence electrons. The number of hydrogen-bond donors (Lipinski definition) is 1. The number of nitrogens with one attached hydrogen (secondary N) is 1. The number of benzene rings is 1. The molecule has 0 amide bonds. The smallest absolute Gasteiger partial charge is 0.374 e. The van der Waals surface area contributed by atoms with E-state index in [1.54, 1.807) is 13.0 Å². The Bertz CT molecular complexity index is 1370. The zero-order valence-corrected chi connectivity index (χ0v) is 17.6. The van der Waals surface area contributed by atoms with Crippen LogP contribution in [0.2, 0.25) is 0 Å². The van der Waals surface area contributed by atoms with E-state index in [4.69, 9.17) is 9.15 Å². The zero-order chi connectivity index (χ0) is 22.3. The number of nitro groups is 1. The van der Waals surface area contributed by atoms with Crippen LogP contribution in [0.1, 0.15) is 39.8 Å². The van der Waals surface area contributed by atoms with Crippen molar-refractivity contribution < 1.29 is 18.9 Å². The Morgan fingerprint density at radius 3 is 2.61 bits per heavy atom. The Morgan fingerprint density at radius 1 is 1.23 bits per heavy atom. The molecule has 4 aromatic rings. The van der Waals surface area contributed by atoms with Crippen LogP contribution in [0, 0.1) is 24.0 Å². The lowest BCUT2D eigenvalue weighted by Gasteiger charge is -2.11. The van der Waals surface area contributed by atoms with Crippen LogP contribution >= 0.6 is 11.3 Å². The highest BCUT2D eigenvalue weighted by Crippen LogP contribution is 2.28. The molecule has 1 aromatic carbocycles. The fourth-order valence-corrected chi connectivity index (χ4v) is 4.13. The highest BCUT2D eigenvalue weighted by atomic mass is 32.1. The number of thiophene rings is 1. The van der Waals surface area contributed by atoms with Crippen LogP contribution in [0.4, 0.5) is 5.69 Å². The van der Waals surface area contributed by atoms with Crippen LogP contribution < -0.4 is 5.56 Å². The molecule has 1 unspecified atom stereocenters. The van der Waals surface area contributed by atoms with Crippen LogP contribution in [0.5, 0.6) is 0 Å². The zero-order valence-electron chi connectivity index (χ0n) is 16.8. The number of aromatic amines is 1. The van der Waals surface area contributed by atoms with Crippen molar-refractivity contribution in [3.05, 3.63) is 78.9 Å². The molecular weight excluding hydrogens is 422 g/mol. The van der Waals surface area contributed by atoms with Gasteiger partial charge in [-0.15, -0.1) is 11.3 Å². The van der Waals surface area contributed by atoms with Crippen molar-refractivity contribution in [2.45, 2.75) is 26.9 Å². The van der Waals surface area contributed by atoms with Gasteiger partial charge in [0.05, 0.1) is 10.3 Å². The Morgan fingerprint density at radius 2 is 1.94 bits per heavy atom. The van der Waals surface area contributed by atoms with Gasteiger partial charge in [-0.25, -0.2) is 9.78 Å². The lowest BCUT2D eigenvalue weighted by atomic mass is 10.1. The number of nitro benzene ring substituents is 1. The highest BCUT2D eigenvalue weighted by molar-refractivity contribution is 7.18. The summed E-state index contributed by atoms with van der Waals surface area (Å²) in [5.41, 5.74) is 1.15. The molecule has 0 saturated carbocycles. The molecule has 0 fully saturated rings. The van der Waals surface area contributed by atoms with Crippen molar-refractivity contribution in [2.75, 3.05) is 0 Å². The van der Waals surface area contributed by atoms with Crippen molar-refractivity contribution in [2.24, 2.45) is 0 Å². The first-order valence-electron chi connectivity index (χ1n) is 9.30. The molecule has 3 aromatic heterocycles. The predicted octanol–water partition coefficient (Wildman–Crippen LogP) is 4.69. The maximum atomic E-state index is 12.5. The van der Waals surface area contributed by atoms with Gasteiger partial charge >= 0.3 is 5.97 Å². The largest absolute Gasteiger partial charge is 0.449 e. The number of rotatable bonds is 5. The molecule has 1 N–H and O–H groups in total. The monoisotopic (exact) mass is 439 g/mol. The van der Waals surface area contributed by atoms with E-state index in [1.807, 2.05) is 13.8 Å². The summed E-state index contributed by atoms with van der Waals surface area (Å²) in [5.74, 6) is -0.144. The van der Waals surface area contributed by atoms with E-state index >= 15 is 0 Å². The van der Waals surface area contributed by atoms with E-state index in [9.17, 15) is 19.7 Å². The number of carbonyl (C=O) groups excluding carboxylic acids is 1. The Hall–Kier alpha value is -3.79. The van der Waals surface area contributed by atoms with E-state index in [0.717, 1.165) is 10.4 Å². The maximum absolute atomic E-state index is 12.5. The Labute approximate surface area is 179 Å². The van der Waals surface area contributed by atoms with Crippen LogP contribution in [0.15, 0.2) is 45.6 Å². The number of esters is 1. The molecule has 10 heteroatoms. The van der Waals surface area contributed by atoms with E-state index < -0.39 is 17.0 Å². The van der Waals surface area contributed by atoms with Crippen molar-refractivity contribution in [3.8, 4) is 11.3 Å². The standard InChI is InChI=1S/C21H17N3O6S/c1-10-12(3)31-20-17(10)19(25)22-18(23-20)11(2)29-21(26)16-9-8-15(30-16)13-4-6-14(7-5-13)24(27)28/h4-9,11H,1-3H3,(H,22,23,25). The minimum atomic E-state index is -0.805. The number of furan rings is 1. The van der Waals surface area contributed by atoms with Gasteiger partial charge < -0.3 is 14.1 Å². The van der Waals surface area contributed by atoms with Crippen LogP contribution in [-0.2, 0) is 4.74 Å². The first-order valence-corrected chi connectivity index (χ1v) is 10.1. The quantitative estimate of drug-likeness (QED) is 0.271. The second kappa shape index (κ2) is 7.80. The minimum Gasteiger partial charge on any atom is -0.449 e. The van der Waals surface area contributed by atoms with Gasteiger partial charge in [0.2, 0.25) is 5.76 Å². The van der Waals surface area contributed by atoms with E-state index in [-0.39, 0.29) is 22.8 Å². The lowest BCUT2D eigenvalue weighted by molar-refractivity contribution is -0.384. The van der Waals surface area contributed by atoms with Gasteiger partial charge in [0, 0.05) is 22.6 Å². The molecule has 0 aliphatic heterocycles. The van der Waals surface area contributed by atoms with E-state index in [2.05, 4.69) is 9.97 Å². The minimum absolute atomic E-state index is 0.0357. The second-order valence-electron chi connectivity index (χ2n) is 6.93. The molecular formula is C21H17N3O6S. The molecule has 31 heavy (non-hydrogen) atoms. The van der Waals surface area contributed by atoms with Gasteiger partial charge in [-0.05, 0) is 50.6 Å². The topological polar surface area (TPSA) is 128 Å². The van der Waals surface area contributed by atoms with Gasteiger partial charge in [0.15, 0.2) is 11.9 Å². The van der Waals surface area contributed by atoms with E-state index in [0.29, 0.717) is 21.5 Å². The van der Waals surface area contributed by atoms with Gasteiger partial charge in [0.25, 0.3) is 11.2 Å². The summed E-state index contributed by atoms with van der Waals surface area (Å²) in [6, 6.07) is 8.80. The molecule has 0 aliphatic rings. The average Bonchev–Trinajstić information content (AvgIpc) is 3.33. The predicted molar refractivity (Wildman–Crippen MR) is 114 cm³/mol. The number of hydrogen-bond acceptors (Lipinski definition) is 8. The first kappa shape index (κ1) is 20.5. The molecule has 3 heterocycles. The van der Waals surface area contributed by atoms with Gasteiger partial charge in [-0.3, -0.25) is 14.9 Å². The highest BCUT2D eigenvalue weighted by Gasteiger charge is 2.21. The summed E-state index contributed by atoms with van der Waals surface area (Å²) < 4.78 is 11.0. The number of aromatic nitrogens is 2. The molecule has 4 rings (SSSR count). The number of non-ortho nitro benzene ring substituents is 1. The summed E-state index contributed by atoms with van der Waals surface area (Å²) in [7, 11) is 0. The summed E-state index contributed by atoms with van der Waals surface area (Å²) in [6.45, 7) is 5.40. The fourth-order valence-electron chi connectivity index (χ4n) is 3.09. The molecule has 0 bridgehead atoms. The Balaban J connectivity index is 1.53. The van der Waals surface area contributed by atoms with Crippen molar-refractivity contribution in [3.63, 3.8) is 0 Å². The second-order valence-corrected chi connectivity index (χ2v) is 8.13. The summed E-state index contributed by atoms with van der Waals surface area (Å²) in [4.78, 5) is 43.9. The number of carbonyl (C=O) groups is 1. The van der Waals surface area contributed by atoms with Crippen LogP contribution in [0.3, 0.4) is 0 Å². The SMILES string of the molecule is Cc1sc2nc(C(C)OC(=O)c3ccc(-c4ccc([N+](=O)[O-])cc4)o3)[nH]c(=O)c2c1C. The number of aryl methyl sites for hydroxylation is 2. The summed E-state index contributed by atoms with van der Waals surface area (Å²) >= 11 is 1.41. The third-order valence-corrected chi connectivity index (χ3v) is 6.00.